The molecule has 2 N–H and O–H groups in total. The molecule has 0 spiro atoms. The topological polar surface area (TPSA) is 60.9 Å². The van der Waals surface area contributed by atoms with Crippen LogP contribution in [0.25, 0.3) is 11.0 Å². The number of halogens is 1. The highest BCUT2D eigenvalue weighted by Gasteiger charge is 2.29. The van der Waals surface area contributed by atoms with Gasteiger partial charge in [0, 0.05) is 12.0 Å². The summed E-state index contributed by atoms with van der Waals surface area (Å²) in [5.41, 5.74) is 7.92. The minimum atomic E-state index is -0.464. The second kappa shape index (κ2) is 5.09. The van der Waals surface area contributed by atoms with E-state index in [1.54, 1.807) is 0 Å². The van der Waals surface area contributed by atoms with Crippen molar-refractivity contribution in [2.45, 2.75) is 45.0 Å². The minimum absolute atomic E-state index is 0.239. The van der Waals surface area contributed by atoms with E-state index in [1.807, 2.05) is 50.5 Å². The van der Waals surface area contributed by atoms with E-state index in [0.29, 0.717) is 0 Å². The largest absolute Gasteiger partial charge is 0.370 e. The fraction of sp³-hybridized carbons (Fsp3) is 0.467. The molecule has 0 fully saturated rings. The van der Waals surface area contributed by atoms with Crippen molar-refractivity contribution in [2.75, 3.05) is 0 Å². The number of hydrogen-bond acceptors (Lipinski definition) is 2. The molecule has 4 nitrogen and oxygen atoms in total. The van der Waals surface area contributed by atoms with Gasteiger partial charge in [-0.2, -0.15) is 0 Å². The Bertz CT molecular complexity index is 658. The zero-order valence-electron chi connectivity index (χ0n) is 12.3. The minimum Gasteiger partial charge on any atom is -0.370 e. The van der Waals surface area contributed by atoms with E-state index in [4.69, 9.17) is 17.3 Å². The van der Waals surface area contributed by atoms with Gasteiger partial charge in [-0.05, 0) is 45.4 Å². The Morgan fingerprint density at radius 3 is 2.70 bits per heavy atom. The number of aryl methyl sites for hydroxylation is 1. The van der Waals surface area contributed by atoms with Crippen LogP contribution in [0.2, 0.25) is 0 Å². The van der Waals surface area contributed by atoms with Crippen LogP contribution in [0.3, 0.4) is 0 Å². The van der Waals surface area contributed by atoms with Crippen molar-refractivity contribution in [1.29, 1.82) is 0 Å². The van der Waals surface area contributed by atoms with E-state index in [2.05, 4.69) is 4.98 Å². The first kappa shape index (κ1) is 14.9. The fourth-order valence-corrected chi connectivity index (χ4v) is 2.76. The number of primary amides is 1. The van der Waals surface area contributed by atoms with Crippen molar-refractivity contribution in [3.05, 3.63) is 29.6 Å². The van der Waals surface area contributed by atoms with E-state index in [0.717, 1.165) is 22.4 Å². The summed E-state index contributed by atoms with van der Waals surface area (Å²) in [5.74, 6) is 0.427. The molecule has 20 heavy (non-hydrogen) atoms. The summed E-state index contributed by atoms with van der Waals surface area (Å²) in [4.78, 5) is 16.0. The average Bonchev–Trinajstić information content (AvgIpc) is 2.66. The average molecular weight is 294 g/mol. The summed E-state index contributed by atoms with van der Waals surface area (Å²) < 4.78 is 2.03. The van der Waals surface area contributed by atoms with Crippen LogP contribution in [-0.2, 0) is 10.3 Å². The zero-order valence-corrected chi connectivity index (χ0v) is 13.0. The number of amides is 1. The van der Waals surface area contributed by atoms with Crippen LogP contribution in [-0.4, -0.2) is 15.5 Å². The van der Waals surface area contributed by atoms with E-state index < -0.39 is 5.54 Å². The first-order valence-corrected chi connectivity index (χ1v) is 7.08. The third-order valence-corrected chi connectivity index (χ3v) is 3.60. The lowest BCUT2D eigenvalue weighted by Crippen LogP contribution is -2.33. The van der Waals surface area contributed by atoms with E-state index in [9.17, 15) is 4.79 Å². The molecule has 0 aliphatic rings. The Labute approximate surface area is 123 Å². The third kappa shape index (κ3) is 2.66. The van der Waals surface area contributed by atoms with E-state index >= 15 is 0 Å². The van der Waals surface area contributed by atoms with Gasteiger partial charge >= 0.3 is 0 Å². The summed E-state index contributed by atoms with van der Waals surface area (Å²) in [6.07, 6.45) is 0.239. The van der Waals surface area contributed by atoms with Crippen LogP contribution in [0.1, 0.15) is 44.0 Å². The molecule has 1 heterocycles. The van der Waals surface area contributed by atoms with E-state index in [-0.39, 0.29) is 17.7 Å². The molecule has 1 atom stereocenters. The van der Waals surface area contributed by atoms with Crippen molar-refractivity contribution >= 4 is 28.5 Å². The molecule has 2 rings (SSSR count). The summed E-state index contributed by atoms with van der Waals surface area (Å²) in [7, 11) is 0. The van der Waals surface area contributed by atoms with Gasteiger partial charge < -0.3 is 10.3 Å². The van der Waals surface area contributed by atoms with Gasteiger partial charge in [-0.3, -0.25) is 4.79 Å². The lowest BCUT2D eigenvalue weighted by Gasteiger charge is -2.29. The van der Waals surface area contributed by atoms with Gasteiger partial charge in [-0.15, -0.1) is 11.6 Å². The molecule has 0 saturated heterocycles. The number of aromatic nitrogens is 2. The number of hydrogen-bond donors (Lipinski definition) is 1. The van der Waals surface area contributed by atoms with Crippen LogP contribution < -0.4 is 5.73 Å². The van der Waals surface area contributed by atoms with Gasteiger partial charge in [0.15, 0.2) is 0 Å². The van der Waals surface area contributed by atoms with Gasteiger partial charge in [-0.1, -0.05) is 6.07 Å². The highest BCUT2D eigenvalue weighted by atomic mass is 35.5. The van der Waals surface area contributed by atoms with Crippen molar-refractivity contribution < 1.29 is 4.79 Å². The number of alkyl halides is 1. The molecule has 1 unspecified atom stereocenters. The Morgan fingerprint density at radius 2 is 2.15 bits per heavy atom. The summed E-state index contributed by atoms with van der Waals surface area (Å²) in [5, 5.41) is -0.241. The molecular formula is C15H20ClN3O. The predicted molar refractivity (Wildman–Crippen MR) is 81.9 cm³/mol. The van der Waals surface area contributed by atoms with Gasteiger partial charge in [0.05, 0.1) is 16.4 Å². The maximum Gasteiger partial charge on any atom is 0.219 e. The first-order chi connectivity index (χ1) is 9.22. The first-order valence-electron chi connectivity index (χ1n) is 6.64. The third-order valence-electron chi connectivity index (χ3n) is 3.40. The maximum absolute atomic E-state index is 11.3. The summed E-state index contributed by atoms with van der Waals surface area (Å²) in [6.45, 7) is 7.85. The summed E-state index contributed by atoms with van der Waals surface area (Å²) in [6, 6.07) is 6.07. The van der Waals surface area contributed by atoms with Crippen molar-refractivity contribution in [3.63, 3.8) is 0 Å². The number of rotatable bonds is 4. The van der Waals surface area contributed by atoms with Crippen LogP contribution in [0, 0.1) is 6.92 Å². The zero-order chi connectivity index (χ0) is 15.1. The van der Waals surface area contributed by atoms with Gasteiger partial charge in [0.25, 0.3) is 0 Å². The number of fused-ring (bicyclic) bond motifs is 1. The number of benzene rings is 1. The highest BCUT2D eigenvalue weighted by Crippen LogP contribution is 2.32. The standard InChI is InChI=1S/C15H20ClN3O/c1-9-5-6-12-11(7-9)18-14(10(2)16)19(12)15(3,4)8-13(17)20/h5-7,10H,8H2,1-4H3,(H2,17,20). The van der Waals surface area contributed by atoms with Gasteiger partial charge in [0.1, 0.15) is 5.82 Å². The lowest BCUT2D eigenvalue weighted by molar-refractivity contribution is -0.119. The molecule has 0 radical (unpaired) electrons. The Balaban J connectivity index is 2.71. The molecule has 1 aromatic carbocycles. The Hall–Kier alpha value is -1.55. The predicted octanol–water partition coefficient (Wildman–Crippen LogP) is 3.26. The Morgan fingerprint density at radius 1 is 1.50 bits per heavy atom. The van der Waals surface area contributed by atoms with Crippen LogP contribution in [0.15, 0.2) is 18.2 Å². The van der Waals surface area contributed by atoms with Crippen molar-refractivity contribution in [2.24, 2.45) is 5.73 Å². The van der Waals surface area contributed by atoms with Gasteiger partial charge in [-0.25, -0.2) is 4.98 Å². The molecule has 108 valence electrons. The number of nitrogens with two attached hydrogens (primary N) is 1. The van der Waals surface area contributed by atoms with E-state index in [1.165, 1.54) is 0 Å². The molecule has 1 aromatic heterocycles. The molecule has 2 aromatic rings. The van der Waals surface area contributed by atoms with Gasteiger partial charge in [0.2, 0.25) is 5.91 Å². The molecule has 0 saturated carbocycles. The SMILES string of the molecule is Cc1ccc2c(c1)nc(C(C)Cl)n2C(C)(C)CC(N)=O. The highest BCUT2D eigenvalue weighted by molar-refractivity contribution is 6.20. The maximum atomic E-state index is 11.3. The Kier molecular flexibility index (Phi) is 3.78. The number of imidazole rings is 1. The van der Waals surface area contributed by atoms with Crippen LogP contribution in [0.4, 0.5) is 0 Å². The lowest BCUT2D eigenvalue weighted by atomic mass is 9.99. The molecule has 0 aliphatic heterocycles. The summed E-state index contributed by atoms with van der Waals surface area (Å²) >= 11 is 6.26. The molecule has 1 amide bonds. The second-order valence-electron chi connectivity index (χ2n) is 5.87. The normalized spacial score (nSPS) is 13.7. The van der Waals surface area contributed by atoms with Crippen molar-refractivity contribution in [3.8, 4) is 0 Å². The number of nitrogens with zero attached hydrogens (tertiary/aromatic N) is 2. The molecule has 0 aliphatic carbocycles. The van der Waals surface area contributed by atoms with Crippen LogP contribution in [0.5, 0.6) is 0 Å². The molecule has 5 heteroatoms. The molecule has 0 bridgehead atoms. The molecular weight excluding hydrogens is 274 g/mol. The smallest absolute Gasteiger partial charge is 0.219 e. The monoisotopic (exact) mass is 293 g/mol. The number of carbonyl (C=O) groups excluding carboxylic acids is 1. The second-order valence-corrected chi connectivity index (χ2v) is 6.52. The van der Waals surface area contributed by atoms with Crippen molar-refractivity contribution in [1.82, 2.24) is 9.55 Å². The fourth-order valence-electron chi connectivity index (χ4n) is 2.62. The number of carbonyl (C=O) groups is 1. The quantitative estimate of drug-likeness (QED) is 0.880. The van der Waals surface area contributed by atoms with Crippen LogP contribution >= 0.6 is 11.6 Å².